The first-order valence-corrected chi connectivity index (χ1v) is 7.40. The SMILES string of the molecule is CC1CCCN(C(=O)CCn2ccc3ccncc32)C1. The van der Waals surface area contributed by atoms with Gasteiger partial charge >= 0.3 is 0 Å². The van der Waals surface area contributed by atoms with Crippen molar-refractivity contribution in [3.8, 4) is 0 Å². The van der Waals surface area contributed by atoms with E-state index in [9.17, 15) is 4.79 Å². The molecule has 1 saturated heterocycles. The number of rotatable bonds is 3. The standard InChI is InChI=1S/C16H21N3O/c1-13-3-2-8-19(12-13)16(20)6-10-18-9-5-14-4-7-17-11-15(14)18/h4-5,7,9,11,13H,2-3,6,8,10,12H2,1H3. The fourth-order valence-corrected chi connectivity index (χ4v) is 3.01. The predicted molar refractivity (Wildman–Crippen MR) is 79.3 cm³/mol. The minimum Gasteiger partial charge on any atom is -0.346 e. The number of hydrogen-bond acceptors (Lipinski definition) is 2. The Bertz CT molecular complexity index is 605. The summed E-state index contributed by atoms with van der Waals surface area (Å²) >= 11 is 0. The lowest BCUT2D eigenvalue weighted by molar-refractivity contribution is -0.133. The van der Waals surface area contributed by atoms with Gasteiger partial charge in [0.25, 0.3) is 0 Å². The largest absolute Gasteiger partial charge is 0.346 e. The number of likely N-dealkylation sites (tertiary alicyclic amines) is 1. The van der Waals surface area contributed by atoms with Crippen LogP contribution in [-0.2, 0) is 11.3 Å². The number of hydrogen-bond donors (Lipinski definition) is 0. The van der Waals surface area contributed by atoms with Crippen molar-refractivity contribution in [1.29, 1.82) is 0 Å². The van der Waals surface area contributed by atoms with Crippen LogP contribution >= 0.6 is 0 Å². The lowest BCUT2D eigenvalue weighted by Crippen LogP contribution is -2.39. The molecule has 0 aliphatic carbocycles. The molecule has 0 N–H and O–H groups in total. The van der Waals surface area contributed by atoms with E-state index in [-0.39, 0.29) is 5.91 Å². The van der Waals surface area contributed by atoms with Gasteiger partial charge in [-0.15, -0.1) is 0 Å². The van der Waals surface area contributed by atoms with Crippen LogP contribution in [0.3, 0.4) is 0 Å². The summed E-state index contributed by atoms with van der Waals surface area (Å²) in [5.74, 6) is 0.923. The molecule has 106 valence electrons. The first kappa shape index (κ1) is 13.2. The van der Waals surface area contributed by atoms with Gasteiger partial charge in [0, 0.05) is 43.8 Å². The van der Waals surface area contributed by atoms with E-state index in [0.29, 0.717) is 12.3 Å². The second-order valence-corrected chi connectivity index (χ2v) is 5.78. The summed E-state index contributed by atoms with van der Waals surface area (Å²) in [5.41, 5.74) is 1.10. The molecule has 1 aliphatic rings. The van der Waals surface area contributed by atoms with Crippen LogP contribution < -0.4 is 0 Å². The van der Waals surface area contributed by atoms with Gasteiger partial charge in [-0.05, 0) is 30.9 Å². The van der Waals surface area contributed by atoms with Crippen molar-refractivity contribution in [1.82, 2.24) is 14.5 Å². The molecule has 4 heteroatoms. The third kappa shape index (κ3) is 2.69. The highest BCUT2D eigenvalue weighted by Gasteiger charge is 2.20. The summed E-state index contributed by atoms with van der Waals surface area (Å²) < 4.78 is 2.12. The van der Waals surface area contributed by atoms with E-state index in [1.165, 1.54) is 11.8 Å². The van der Waals surface area contributed by atoms with Gasteiger partial charge in [0.2, 0.25) is 5.91 Å². The molecular weight excluding hydrogens is 250 g/mol. The third-order valence-electron chi connectivity index (χ3n) is 4.15. The lowest BCUT2D eigenvalue weighted by atomic mass is 10.00. The van der Waals surface area contributed by atoms with E-state index in [1.54, 1.807) is 6.20 Å². The Hall–Kier alpha value is -1.84. The van der Waals surface area contributed by atoms with Crippen LogP contribution in [0.4, 0.5) is 0 Å². The molecule has 1 atom stereocenters. The Labute approximate surface area is 119 Å². The van der Waals surface area contributed by atoms with Gasteiger partial charge in [0.05, 0.1) is 11.7 Å². The highest BCUT2D eigenvalue weighted by molar-refractivity contribution is 5.79. The maximum absolute atomic E-state index is 12.3. The number of aryl methyl sites for hydroxylation is 1. The smallest absolute Gasteiger partial charge is 0.224 e. The fourth-order valence-electron chi connectivity index (χ4n) is 3.01. The van der Waals surface area contributed by atoms with Gasteiger partial charge in [0.1, 0.15) is 0 Å². The van der Waals surface area contributed by atoms with Crippen molar-refractivity contribution < 1.29 is 4.79 Å². The Balaban J connectivity index is 1.63. The van der Waals surface area contributed by atoms with Crippen LogP contribution in [0.5, 0.6) is 0 Å². The predicted octanol–water partition coefficient (Wildman–Crippen LogP) is 2.68. The van der Waals surface area contributed by atoms with Gasteiger partial charge in [0.15, 0.2) is 0 Å². The maximum Gasteiger partial charge on any atom is 0.224 e. The van der Waals surface area contributed by atoms with Crippen molar-refractivity contribution in [2.24, 2.45) is 5.92 Å². The lowest BCUT2D eigenvalue weighted by Gasteiger charge is -2.31. The normalized spacial score (nSPS) is 19.4. The molecule has 0 spiro atoms. The first-order chi connectivity index (χ1) is 9.74. The molecule has 0 saturated carbocycles. The zero-order valence-corrected chi connectivity index (χ0v) is 12.0. The van der Waals surface area contributed by atoms with E-state index in [2.05, 4.69) is 22.5 Å². The minimum atomic E-state index is 0.280. The van der Waals surface area contributed by atoms with Crippen LogP contribution in [-0.4, -0.2) is 33.4 Å². The fraction of sp³-hybridized carbons (Fsp3) is 0.500. The molecule has 1 unspecified atom stereocenters. The Morgan fingerprint density at radius 3 is 3.20 bits per heavy atom. The summed E-state index contributed by atoms with van der Waals surface area (Å²) in [4.78, 5) is 18.5. The minimum absolute atomic E-state index is 0.280. The number of pyridine rings is 1. The molecule has 3 heterocycles. The van der Waals surface area contributed by atoms with Crippen LogP contribution in [0.25, 0.3) is 10.9 Å². The van der Waals surface area contributed by atoms with Crippen molar-refractivity contribution in [2.75, 3.05) is 13.1 Å². The monoisotopic (exact) mass is 271 g/mol. The highest BCUT2D eigenvalue weighted by Crippen LogP contribution is 2.17. The quantitative estimate of drug-likeness (QED) is 0.861. The summed E-state index contributed by atoms with van der Waals surface area (Å²) in [6, 6.07) is 4.07. The van der Waals surface area contributed by atoms with E-state index in [1.807, 2.05) is 23.4 Å². The van der Waals surface area contributed by atoms with E-state index in [4.69, 9.17) is 0 Å². The number of nitrogens with zero attached hydrogens (tertiary/aromatic N) is 3. The molecule has 0 bridgehead atoms. The zero-order valence-electron chi connectivity index (χ0n) is 12.0. The maximum atomic E-state index is 12.3. The van der Waals surface area contributed by atoms with E-state index >= 15 is 0 Å². The van der Waals surface area contributed by atoms with Crippen LogP contribution in [0, 0.1) is 5.92 Å². The van der Waals surface area contributed by atoms with Crippen molar-refractivity contribution in [3.63, 3.8) is 0 Å². The molecular formula is C16H21N3O. The number of fused-ring (bicyclic) bond motifs is 1. The van der Waals surface area contributed by atoms with Gasteiger partial charge in [-0.3, -0.25) is 9.78 Å². The summed E-state index contributed by atoms with van der Waals surface area (Å²) in [6.07, 6.45) is 8.67. The number of carbonyl (C=O) groups excluding carboxylic acids is 1. The molecule has 2 aromatic rings. The van der Waals surface area contributed by atoms with Crippen LogP contribution in [0.2, 0.25) is 0 Å². The average molecular weight is 271 g/mol. The summed E-state index contributed by atoms with van der Waals surface area (Å²) in [7, 11) is 0. The van der Waals surface area contributed by atoms with Gasteiger partial charge in [-0.2, -0.15) is 0 Å². The molecule has 3 rings (SSSR count). The van der Waals surface area contributed by atoms with E-state index < -0.39 is 0 Å². The molecule has 20 heavy (non-hydrogen) atoms. The molecule has 4 nitrogen and oxygen atoms in total. The Kier molecular flexibility index (Phi) is 3.72. The van der Waals surface area contributed by atoms with E-state index in [0.717, 1.165) is 31.6 Å². The molecule has 2 aromatic heterocycles. The summed E-state index contributed by atoms with van der Waals surface area (Å²) in [6.45, 7) is 4.81. The van der Waals surface area contributed by atoms with Crippen molar-refractivity contribution in [3.05, 3.63) is 30.7 Å². The third-order valence-corrected chi connectivity index (χ3v) is 4.15. The van der Waals surface area contributed by atoms with Gasteiger partial charge in [-0.1, -0.05) is 6.92 Å². The first-order valence-electron chi connectivity index (χ1n) is 7.40. The van der Waals surface area contributed by atoms with Crippen LogP contribution in [0.1, 0.15) is 26.2 Å². The Morgan fingerprint density at radius 2 is 2.35 bits per heavy atom. The zero-order chi connectivity index (χ0) is 13.9. The molecule has 0 aromatic carbocycles. The van der Waals surface area contributed by atoms with Crippen molar-refractivity contribution >= 4 is 16.8 Å². The van der Waals surface area contributed by atoms with Crippen molar-refractivity contribution in [2.45, 2.75) is 32.7 Å². The Morgan fingerprint density at radius 1 is 1.45 bits per heavy atom. The number of amides is 1. The topological polar surface area (TPSA) is 38.1 Å². The molecule has 0 radical (unpaired) electrons. The van der Waals surface area contributed by atoms with Gasteiger partial charge in [-0.25, -0.2) is 0 Å². The van der Waals surface area contributed by atoms with Gasteiger partial charge < -0.3 is 9.47 Å². The molecule has 1 amide bonds. The number of aromatic nitrogens is 2. The summed E-state index contributed by atoms with van der Waals surface area (Å²) in [5, 5.41) is 1.18. The number of piperidine rings is 1. The highest BCUT2D eigenvalue weighted by atomic mass is 16.2. The molecule has 1 fully saturated rings. The second kappa shape index (κ2) is 5.65. The van der Waals surface area contributed by atoms with Crippen LogP contribution in [0.15, 0.2) is 30.7 Å². The number of carbonyl (C=O) groups is 1. The second-order valence-electron chi connectivity index (χ2n) is 5.78. The molecule has 1 aliphatic heterocycles. The average Bonchev–Trinajstić information content (AvgIpc) is 2.88.